The first-order valence-electron chi connectivity index (χ1n) is 6.24. The molecule has 0 aliphatic carbocycles. The largest absolute Gasteiger partial charge is 0.465 e. The summed E-state index contributed by atoms with van der Waals surface area (Å²) in [6, 6.07) is 1.88. The number of ether oxygens (including phenoxy) is 1. The van der Waals surface area contributed by atoms with E-state index in [2.05, 4.69) is 25.1 Å². The fourth-order valence-electron chi connectivity index (χ4n) is 1.81. The predicted octanol–water partition coefficient (Wildman–Crippen LogP) is 2.09. The lowest BCUT2D eigenvalue weighted by Crippen LogP contribution is -2.05. The summed E-state index contributed by atoms with van der Waals surface area (Å²) in [6.07, 6.45) is 3.04. The van der Waals surface area contributed by atoms with Crippen molar-refractivity contribution in [2.45, 2.75) is 26.8 Å². The van der Waals surface area contributed by atoms with Crippen LogP contribution in [0.3, 0.4) is 0 Å². The number of anilines is 2. The highest BCUT2D eigenvalue weighted by molar-refractivity contribution is 5.90. The highest BCUT2D eigenvalue weighted by atomic mass is 16.5. The standard InChI is InChI=1S/C13H17N5O2/c1-8(2)18-9(3)15-13(17-18)16-11-5-10(6-14-7-11)12(19)20-4/h5-8H,1-4H3,(H,16,17). The molecule has 0 saturated carbocycles. The number of pyridine rings is 1. The highest BCUT2D eigenvalue weighted by Gasteiger charge is 2.11. The fourth-order valence-corrected chi connectivity index (χ4v) is 1.81. The zero-order valence-electron chi connectivity index (χ0n) is 11.9. The number of aromatic nitrogens is 4. The quantitative estimate of drug-likeness (QED) is 0.860. The Morgan fingerprint density at radius 1 is 1.40 bits per heavy atom. The Labute approximate surface area is 117 Å². The van der Waals surface area contributed by atoms with Gasteiger partial charge in [-0.1, -0.05) is 0 Å². The monoisotopic (exact) mass is 275 g/mol. The Bertz CT molecular complexity index is 621. The zero-order chi connectivity index (χ0) is 14.7. The van der Waals surface area contributed by atoms with Gasteiger partial charge in [-0.15, -0.1) is 5.10 Å². The van der Waals surface area contributed by atoms with E-state index in [9.17, 15) is 4.79 Å². The maximum atomic E-state index is 11.4. The summed E-state index contributed by atoms with van der Waals surface area (Å²) in [5.41, 5.74) is 1.01. The molecule has 0 aromatic carbocycles. The van der Waals surface area contributed by atoms with Crippen LogP contribution in [0.1, 0.15) is 36.1 Å². The van der Waals surface area contributed by atoms with Crippen LogP contribution in [0.4, 0.5) is 11.6 Å². The van der Waals surface area contributed by atoms with Crippen molar-refractivity contribution in [3.05, 3.63) is 29.8 Å². The second-order valence-electron chi connectivity index (χ2n) is 4.60. The van der Waals surface area contributed by atoms with Crippen molar-refractivity contribution in [3.63, 3.8) is 0 Å². The first-order chi connectivity index (χ1) is 9.51. The van der Waals surface area contributed by atoms with E-state index in [0.29, 0.717) is 17.2 Å². The highest BCUT2D eigenvalue weighted by Crippen LogP contribution is 2.16. The fraction of sp³-hybridized carbons (Fsp3) is 0.385. The average Bonchev–Trinajstić information content (AvgIpc) is 2.79. The molecule has 0 unspecified atom stereocenters. The van der Waals surface area contributed by atoms with Gasteiger partial charge in [0.1, 0.15) is 5.82 Å². The van der Waals surface area contributed by atoms with Gasteiger partial charge in [-0.05, 0) is 26.8 Å². The molecular weight excluding hydrogens is 258 g/mol. The van der Waals surface area contributed by atoms with E-state index in [-0.39, 0.29) is 6.04 Å². The van der Waals surface area contributed by atoms with Gasteiger partial charge in [0.2, 0.25) is 5.95 Å². The number of carbonyl (C=O) groups excluding carboxylic acids is 1. The Kier molecular flexibility index (Phi) is 3.97. The van der Waals surface area contributed by atoms with Crippen LogP contribution in [0.2, 0.25) is 0 Å². The lowest BCUT2D eigenvalue weighted by Gasteiger charge is -2.05. The summed E-state index contributed by atoms with van der Waals surface area (Å²) in [5.74, 6) is 0.859. The van der Waals surface area contributed by atoms with Crippen LogP contribution in [0.15, 0.2) is 18.5 Å². The molecule has 0 radical (unpaired) electrons. The van der Waals surface area contributed by atoms with E-state index in [0.717, 1.165) is 5.82 Å². The number of carbonyl (C=O) groups is 1. The number of rotatable bonds is 4. The lowest BCUT2D eigenvalue weighted by molar-refractivity contribution is 0.0600. The van der Waals surface area contributed by atoms with E-state index < -0.39 is 5.97 Å². The van der Waals surface area contributed by atoms with Crippen LogP contribution in [-0.2, 0) is 4.74 Å². The molecule has 0 saturated heterocycles. The number of methoxy groups -OCH3 is 1. The van der Waals surface area contributed by atoms with Gasteiger partial charge in [-0.25, -0.2) is 9.48 Å². The molecule has 2 aromatic rings. The molecule has 7 heteroatoms. The normalized spacial score (nSPS) is 10.7. The summed E-state index contributed by atoms with van der Waals surface area (Å²) < 4.78 is 6.47. The maximum Gasteiger partial charge on any atom is 0.339 e. The third kappa shape index (κ3) is 2.93. The zero-order valence-corrected chi connectivity index (χ0v) is 11.9. The van der Waals surface area contributed by atoms with Gasteiger partial charge >= 0.3 is 5.97 Å². The van der Waals surface area contributed by atoms with Crippen LogP contribution in [0, 0.1) is 6.92 Å². The second kappa shape index (κ2) is 5.68. The Balaban J connectivity index is 2.22. The molecule has 2 aromatic heterocycles. The van der Waals surface area contributed by atoms with Crippen LogP contribution in [-0.4, -0.2) is 32.8 Å². The van der Waals surface area contributed by atoms with Crippen molar-refractivity contribution in [1.29, 1.82) is 0 Å². The number of hydrogen-bond donors (Lipinski definition) is 1. The Morgan fingerprint density at radius 3 is 2.75 bits per heavy atom. The molecule has 2 heterocycles. The van der Waals surface area contributed by atoms with Gasteiger partial charge in [0.25, 0.3) is 0 Å². The topological polar surface area (TPSA) is 81.9 Å². The van der Waals surface area contributed by atoms with E-state index in [1.807, 2.05) is 25.5 Å². The van der Waals surface area contributed by atoms with Crippen molar-refractivity contribution in [2.24, 2.45) is 0 Å². The average molecular weight is 275 g/mol. The number of hydrogen-bond acceptors (Lipinski definition) is 6. The van der Waals surface area contributed by atoms with Crippen LogP contribution < -0.4 is 5.32 Å². The molecule has 106 valence electrons. The van der Waals surface area contributed by atoms with Gasteiger partial charge in [-0.2, -0.15) is 4.98 Å². The SMILES string of the molecule is COC(=O)c1cncc(Nc2nc(C)n(C(C)C)n2)c1. The minimum absolute atomic E-state index is 0.234. The molecule has 1 N–H and O–H groups in total. The maximum absolute atomic E-state index is 11.4. The number of aryl methyl sites for hydroxylation is 1. The van der Waals surface area contributed by atoms with Gasteiger partial charge in [-0.3, -0.25) is 4.98 Å². The molecule has 0 spiro atoms. The van der Waals surface area contributed by atoms with Gasteiger partial charge in [0, 0.05) is 12.2 Å². The van der Waals surface area contributed by atoms with Crippen molar-refractivity contribution >= 4 is 17.6 Å². The molecule has 0 fully saturated rings. The van der Waals surface area contributed by atoms with Gasteiger partial charge < -0.3 is 10.1 Å². The summed E-state index contributed by atoms with van der Waals surface area (Å²) >= 11 is 0. The molecule has 0 aliphatic heterocycles. The molecule has 7 nitrogen and oxygen atoms in total. The minimum atomic E-state index is -0.432. The van der Waals surface area contributed by atoms with Crippen molar-refractivity contribution in [2.75, 3.05) is 12.4 Å². The first kappa shape index (κ1) is 14.0. The van der Waals surface area contributed by atoms with Crippen LogP contribution in [0.5, 0.6) is 0 Å². The number of nitrogens with one attached hydrogen (secondary N) is 1. The molecule has 0 bridgehead atoms. The van der Waals surface area contributed by atoms with Crippen LogP contribution >= 0.6 is 0 Å². The minimum Gasteiger partial charge on any atom is -0.465 e. The number of esters is 1. The molecule has 0 amide bonds. The third-order valence-electron chi connectivity index (χ3n) is 2.71. The van der Waals surface area contributed by atoms with E-state index >= 15 is 0 Å². The van der Waals surface area contributed by atoms with Crippen molar-refractivity contribution in [1.82, 2.24) is 19.7 Å². The molecular formula is C13H17N5O2. The lowest BCUT2D eigenvalue weighted by atomic mass is 10.2. The van der Waals surface area contributed by atoms with E-state index in [1.54, 1.807) is 12.3 Å². The molecule has 0 atom stereocenters. The summed E-state index contributed by atoms with van der Waals surface area (Å²) in [7, 11) is 1.33. The van der Waals surface area contributed by atoms with Gasteiger partial charge in [0.05, 0.1) is 24.6 Å². The van der Waals surface area contributed by atoms with E-state index in [4.69, 9.17) is 0 Å². The summed E-state index contributed by atoms with van der Waals surface area (Å²) in [4.78, 5) is 19.7. The molecule has 20 heavy (non-hydrogen) atoms. The smallest absolute Gasteiger partial charge is 0.339 e. The summed E-state index contributed by atoms with van der Waals surface area (Å²) in [5, 5.41) is 7.38. The van der Waals surface area contributed by atoms with E-state index in [1.165, 1.54) is 13.3 Å². The van der Waals surface area contributed by atoms with Crippen molar-refractivity contribution < 1.29 is 9.53 Å². The second-order valence-corrected chi connectivity index (χ2v) is 4.60. The third-order valence-corrected chi connectivity index (χ3v) is 2.71. The Morgan fingerprint density at radius 2 is 2.15 bits per heavy atom. The Hall–Kier alpha value is -2.44. The molecule has 2 rings (SSSR count). The van der Waals surface area contributed by atoms with Crippen molar-refractivity contribution in [3.8, 4) is 0 Å². The molecule has 0 aliphatic rings. The van der Waals surface area contributed by atoms with Gasteiger partial charge in [0.15, 0.2) is 0 Å². The first-order valence-corrected chi connectivity index (χ1v) is 6.24. The predicted molar refractivity (Wildman–Crippen MR) is 74.0 cm³/mol. The summed E-state index contributed by atoms with van der Waals surface area (Å²) in [6.45, 7) is 5.96. The number of nitrogens with zero attached hydrogens (tertiary/aromatic N) is 4. The van der Waals surface area contributed by atoms with Crippen LogP contribution in [0.25, 0.3) is 0 Å².